The van der Waals surface area contributed by atoms with E-state index in [0.717, 1.165) is 22.2 Å². The van der Waals surface area contributed by atoms with E-state index in [1.54, 1.807) is 0 Å². The van der Waals surface area contributed by atoms with Gasteiger partial charge in [-0.1, -0.05) is 18.3 Å². The number of nitrogens with one attached hydrogen (secondary N) is 1. The molecule has 0 radical (unpaired) electrons. The molecule has 10 heteroatoms. The number of anilines is 1. The van der Waals surface area contributed by atoms with Crippen molar-refractivity contribution in [3.8, 4) is 0 Å². The largest absolute Gasteiger partial charge is 0.435 e. The number of aromatic nitrogens is 4. The van der Waals surface area contributed by atoms with Crippen molar-refractivity contribution < 1.29 is 18.0 Å². The molecule has 1 N–H and O–H groups in total. The summed E-state index contributed by atoms with van der Waals surface area (Å²) in [5.41, 5.74) is -1.77. The minimum Gasteiger partial charge on any atom is -0.296 e. The normalized spacial score (nSPS) is 11.7. The molecule has 0 unspecified atom stereocenters. The maximum Gasteiger partial charge on any atom is 0.435 e. The van der Waals surface area contributed by atoms with Crippen LogP contribution in [-0.2, 0) is 19.6 Å². The Balaban J connectivity index is 2.25. The Morgan fingerprint density at radius 2 is 2.15 bits per heavy atom. The second-order valence-electron chi connectivity index (χ2n) is 3.87. The fourth-order valence-corrected chi connectivity index (χ4v) is 2.15. The van der Waals surface area contributed by atoms with Crippen LogP contribution >= 0.6 is 11.3 Å². The van der Waals surface area contributed by atoms with Gasteiger partial charge in [0.1, 0.15) is 5.01 Å². The van der Waals surface area contributed by atoms with Crippen molar-refractivity contribution in [2.75, 3.05) is 5.32 Å². The molecule has 0 atom stereocenters. The van der Waals surface area contributed by atoms with E-state index in [2.05, 4.69) is 20.6 Å². The van der Waals surface area contributed by atoms with Crippen LogP contribution in [0.4, 0.5) is 18.3 Å². The zero-order chi connectivity index (χ0) is 14.9. The van der Waals surface area contributed by atoms with E-state index in [1.165, 1.54) is 7.05 Å². The Labute approximate surface area is 115 Å². The number of rotatable bonds is 3. The fraction of sp³-hybridized carbons (Fsp3) is 0.400. The summed E-state index contributed by atoms with van der Waals surface area (Å²) in [6, 6.07) is 0. The Kier molecular flexibility index (Phi) is 3.75. The quantitative estimate of drug-likeness (QED) is 0.942. The fourth-order valence-electron chi connectivity index (χ4n) is 1.48. The zero-order valence-electron chi connectivity index (χ0n) is 10.5. The summed E-state index contributed by atoms with van der Waals surface area (Å²) in [6.07, 6.45) is -3.04. The lowest BCUT2D eigenvalue weighted by atomic mass is 10.2. The third-order valence-electron chi connectivity index (χ3n) is 2.33. The summed E-state index contributed by atoms with van der Waals surface area (Å²) in [5, 5.41) is 13.8. The van der Waals surface area contributed by atoms with E-state index in [-0.39, 0.29) is 5.13 Å². The molecule has 0 aliphatic heterocycles. The highest BCUT2D eigenvalue weighted by Crippen LogP contribution is 2.31. The van der Waals surface area contributed by atoms with Gasteiger partial charge in [-0.2, -0.15) is 18.3 Å². The molecule has 2 heterocycles. The maximum atomic E-state index is 12.7. The van der Waals surface area contributed by atoms with Gasteiger partial charge in [0.25, 0.3) is 5.91 Å². The molecule has 0 aromatic carbocycles. The van der Waals surface area contributed by atoms with E-state index in [9.17, 15) is 18.0 Å². The lowest BCUT2D eigenvalue weighted by Gasteiger charge is -2.05. The molecule has 0 spiro atoms. The van der Waals surface area contributed by atoms with E-state index in [1.807, 2.05) is 6.92 Å². The van der Waals surface area contributed by atoms with Gasteiger partial charge in [0.2, 0.25) is 5.13 Å². The second-order valence-corrected chi connectivity index (χ2v) is 4.93. The number of hydrogen-bond donors (Lipinski definition) is 1. The van der Waals surface area contributed by atoms with Crippen LogP contribution in [-0.4, -0.2) is 25.9 Å². The number of halogens is 3. The van der Waals surface area contributed by atoms with Crippen molar-refractivity contribution in [3.05, 3.63) is 22.5 Å². The summed E-state index contributed by atoms with van der Waals surface area (Å²) < 4.78 is 39.2. The number of aryl methyl sites for hydroxylation is 2. The van der Waals surface area contributed by atoms with Crippen molar-refractivity contribution in [2.24, 2.45) is 7.05 Å². The molecule has 0 aliphatic rings. The van der Waals surface area contributed by atoms with Gasteiger partial charge >= 0.3 is 6.18 Å². The number of carbonyl (C=O) groups is 1. The predicted octanol–water partition coefficient (Wildman–Crippen LogP) is 2.11. The molecular formula is C10H10F3N5OS. The lowest BCUT2D eigenvalue weighted by molar-refractivity contribution is -0.141. The monoisotopic (exact) mass is 305 g/mol. The molecular weight excluding hydrogens is 295 g/mol. The van der Waals surface area contributed by atoms with E-state index < -0.39 is 23.3 Å². The molecule has 6 nitrogen and oxygen atoms in total. The van der Waals surface area contributed by atoms with Crippen LogP contribution in [0.25, 0.3) is 0 Å². The SMILES string of the molecule is CCc1nnc(NC(=O)c2cn(C)nc2C(F)(F)F)s1. The summed E-state index contributed by atoms with van der Waals surface area (Å²) in [7, 11) is 1.31. The van der Waals surface area contributed by atoms with Crippen molar-refractivity contribution in [1.29, 1.82) is 0 Å². The van der Waals surface area contributed by atoms with Crippen molar-refractivity contribution in [2.45, 2.75) is 19.5 Å². The highest BCUT2D eigenvalue weighted by Gasteiger charge is 2.39. The van der Waals surface area contributed by atoms with Crippen LogP contribution in [0.1, 0.15) is 28.0 Å². The molecule has 2 aromatic heterocycles. The molecule has 0 bridgehead atoms. The molecule has 0 fully saturated rings. The Morgan fingerprint density at radius 1 is 1.45 bits per heavy atom. The zero-order valence-corrected chi connectivity index (χ0v) is 11.3. The molecule has 0 saturated carbocycles. The maximum absolute atomic E-state index is 12.7. The third-order valence-corrected chi connectivity index (χ3v) is 3.31. The smallest absolute Gasteiger partial charge is 0.296 e. The molecule has 2 aromatic rings. The van der Waals surface area contributed by atoms with Crippen LogP contribution in [0.3, 0.4) is 0 Å². The summed E-state index contributed by atoms with van der Waals surface area (Å²) >= 11 is 1.11. The van der Waals surface area contributed by atoms with Crippen LogP contribution < -0.4 is 5.32 Å². The predicted molar refractivity (Wildman–Crippen MR) is 65.5 cm³/mol. The van der Waals surface area contributed by atoms with E-state index >= 15 is 0 Å². The molecule has 108 valence electrons. The first-order valence-corrected chi connectivity index (χ1v) is 6.37. The second kappa shape index (κ2) is 5.19. The lowest BCUT2D eigenvalue weighted by Crippen LogP contribution is -2.17. The summed E-state index contributed by atoms with van der Waals surface area (Å²) in [5.74, 6) is -0.913. The van der Waals surface area contributed by atoms with Crippen LogP contribution in [0.5, 0.6) is 0 Å². The standard InChI is InChI=1S/C10H10F3N5OS/c1-3-6-15-16-9(20-6)14-8(19)5-4-18(2)17-7(5)10(11,12)13/h4H,3H2,1-2H3,(H,14,16,19). The van der Waals surface area contributed by atoms with Gasteiger partial charge in [0, 0.05) is 13.2 Å². The Bertz CT molecular complexity index is 633. The van der Waals surface area contributed by atoms with Gasteiger partial charge < -0.3 is 0 Å². The van der Waals surface area contributed by atoms with Gasteiger partial charge in [0.05, 0.1) is 5.56 Å². The molecule has 0 aliphatic carbocycles. The number of amides is 1. The summed E-state index contributed by atoms with van der Waals surface area (Å²) in [6.45, 7) is 1.86. The Morgan fingerprint density at radius 3 is 2.70 bits per heavy atom. The Hall–Kier alpha value is -1.97. The average Bonchev–Trinajstić information content (AvgIpc) is 2.94. The third kappa shape index (κ3) is 2.95. The van der Waals surface area contributed by atoms with Gasteiger partial charge in [-0.25, -0.2) is 0 Å². The number of alkyl halides is 3. The first-order chi connectivity index (χ1) is 9.31. The topological polar surface area (TPSA) is 72.7 Å². The van der Waals surface area contributed by atoms with Gasteiger partial charge in [-0.15, -0.1) is 10.2 Å². The van der Waals surface area contributed by atoms with Crippen LogP contribution in [0, 0.1) is 0 Å². The van der Waals surface area contributed by atoms with Crippen molar-refractivity contribution in [1.82, 2.24) is 20.0 Å². The van der Waals surface area contributed by atoms with Gasteiger partial charge in [-0.3, -0.25) is 14.8 Å². The number of hydrogen-bond acceptors (Lipinski definition) is 5. The molecule has 0 saturated heterocycles. The first-order valence-electron chi connectivity index (χ1n) is 5.55. The molecule has 20 heavy (non-hydrogen) atoms. The minimum absolute atomic E-state index is 0.156. The van der Waals surface area contributed by atoms with Crippen LogP contribution in [0.2, 0.25) is 0 Å². The van der Waals surface area contributed by atoms with Gasteiger partial charge in [-0.05, 0) is 6.42 Å². The highest BCUT2D eigenvalue weighted by atomic mass is 32.1. The van der Waals surface area contributed by atoms with Crippen molar-refractivity contribution >= 4 is 22.4 Å². The van der Waals surface area contributed by atoms with E-state index in [0.29, 0.717) is 11.4 Å². The van der Waals surface area contributed by atoms with E-state index in [4.69, 9.17) is 0 Å². The number of carbonyl (C=O) groups excluding carboxylic acids is 1. The highest BCUT2D eigenvalue weighted by molar-refractivity contribution is 7.15. The average molecular weight is 305 g/mol. The van der Waals surface area contributed by atoms with Crippen LogP contribution in [0.15, 0.2) is 6.20 Å². The summed E-state index contributed by atoms with van der Waals surface area (Å²) in [4.78, 5) is 11.9. The minimum atomic E-state index is -4.69. The first kappa shape index (κ1) is 14.4. The molecule has 2 rings (SSSR count). The molecule has 1 amide bonds. The van der Waals surface area contributed by atoms with Crippen molar-refractivity contribution in [3.63, 3.8) is 0 Å². The number of nitrogens with zero attached hydrogens (tertiary/aromatic N) is 4. The van der Waals surface area contributed by atoms with Gasteiger partial charge in [0.15, 0.2) is 5.69 Å².